The van der Waals surface area contributed by atoms with E-state index in [1.54, 1.807) is 17.0 Å². The number of amidine groups is 1. The van der Waals surface area contributed by atoms with E-state index in [9.17, 15) is 9.59 Å². The highest BCUT2D eigenvalue weighted by atomic mass is 35.5. The van der Waals surface area contributed by atoms with Gasteiger partial charge in [0, 0.05) is 23.7 Å². The number of Topliss-reactive ketones (excluding diaryl/α,β-unsaturated/α-hetero) is 1. The van der Waals surface area contributed by atoms with Crippen LogP contribution in [-0.2, 0) is 9.57 Å². The summed E-state index contributed by atoms with van der Waals surface area (Å²) in [5.41, 5.74) is 1.83. The maximum Gasteiger partial charge on any atom is 0.414 e. The van der Waals surface area contributed by atoms with Crippen LogP contribution >= 0.6 is 22.9 Å². The fourth-order valence-corrected chi connectivity index (χ4v) is 4.89. The second-order valence-corrected chi connectivity index (χ2v) is 9.62. The fourth-order valence-electron chi connectivity index (χ4n) is 3.88. The van der Waals surface area contributed by atoms with Crippen LogP contribution in [0.15, 0.2) is 41.6 Å². The number of carbonyl (C=O) groups excluding carboxylic acids is 2. The Hall–Kier alpha value is -2.58. The Morgan fingerprint density at radius 3 is 2.55 bits per heavy atom. The van der Waals surface area contributed by atoms with Crippen molar-refractivity contribution in [3.8, 4) is 0 Å². The van der Waals surface area contributed by atoms with Gasteiger partial charge in [-0.25, -0.2) is 4.79 Å². The number of oxime groups is 1. The van der Waals surface area contributed by atoms with E-state index < -0.39 is 0 Å². The molecule has 0 spiro atoms. The predicted octanol–water partition coefficient (Wildman–Crippen LogP) is 4.95. The molecule has 0 N–H and O–H groups in total. The van der Waals surface area contributed by atoms with Gasteiger partial charge in [0.2, 0.25) is 0 Å². The molecule has 1 amide bonds. The SMILES string of the molecule is O=C(CC[C@H]1CN(c2ccc(N3CCON=C3C3CC3)cc2)C(=O)O1)c1ccc(Cl)s1. The highest BCUT2D eigenvalue weighted by molar-refractivity contribution is 7.18. The third-order valence-corrected chi connectivity index (χ3v) is 6.94. The highest BCUT2D eigenvalue weighted by Gasteiger charge is 2.35. The molecule has 0 radical (unpaired) electrons. The number of hydrogen-bond donors (Lipinski definition) is 0. The molecule has 5 rings (SSSR count). The smallest absolute Gasteiger partial charge is 0.414 e. The number of hydrogen-bond acceptors (Lipinski definition) is 7. The lowest BCUT2D eigenvalue weighted by molar-refractivity contribution is 0.0943. The quantitative estimate of drug-likeness (QED) is 0.548. The molecule has 1 saturated heterocycles. The van der Waals surface area contributed by atoms with Gasteiger partial charge >= 0.3 is 6.09 Å². The van der Waals surface area contributed by atoms with Gasteiger partial charge in [0.1, 0.15) is 12.7 Å². The summed E-state index contributed by atoms with van der Waals surface area (Å²) in [6, 6.07) is 11.3. The molecule has 162 valence electrons. The van der Waals surface area contributed by atoms with E-state index in [0.717, 1.165) is 36.6 Å². The van der Waals surface area contributed by atoms with Crippen LogP contribution in [0.1, 0.15) is 35.4 Å². The zero-order valence-corrected chi connectivity index (χ0v) is 18.4. The van der Waals surface area contributed by atoms with Crippen LogP contribution in [0.25, 0.3) is 0 Å². The van der Waals surface area contributed by atoms with Gasteiger partial charge in [-0.1, -0.05) is 16.8 Å². The molecule has 1 aromatic heterocycles. The summed E-state index contributed by atoms with van der Waals surface area (Å²) in [5, 5.41) is 4.25. The third kappa shape index (κ3) is 4.41. The largest absolute Gasteiger partial charge is 0.444 e. The van der Waals surface area contributed by atoms with Gasteiger partial charge in [0.05, 0.1) is 22.3 Å². The first-order valence-corrected chi connectivity index (χ1v) is 11.6. The van der Waals surface area contributed by atoms with Crippen LogP contribution in [0, 0.1) is 5.92 Å². The van der Waals surface area contributed by atoms with Crippen LogP contribution in [0.5, 0.6) is 0 Å². The third-order valence-electron chi connectivity index (χ3n) is 5.67. The monoisotopic (exact) mass is 459 g/mol. The van der Waals surface area contributed by atoms with Gasteiger partial charge in [0.25, 0.3) is 0 Å². The number of nitrogens with zero attached hydrogens (tertiary/aromatic N) is 3. The van der Waals surface area contributed by atoms with Crippen molar-refractivity contribution in [2.45, 2.75) is 31.8 Å². The summed E-state index contributed by atoms with van der Waals surface area (Å²) in [6.45, 7) is 1.77. The predicted molar refractivity (Wildman–Crippen MR) is 120 cm³/mol. The molecular weight excluding hydrogens is 438 g/mol. The Morgan fingerprint density at radius 2 is 1.87 bits per heavy atom. The van der Waals surface area contributed by atoms with Crippen molar-refractivity contribution in [3.63, 3.8) is 0 Å². The van der Waals surface area contributed by atoms with Gasteiger partial charge < -0.3 is 14.5 Å². The summed E-state index contributed by atoms with van der Waals surface area (Å²) < 4.78 is 6.08. The van der Waals surface area contributed by atoms with E-state index in [1.807, 2.05) is 24.3 Å². The Bertz CT molecular complexity index is 1020. The van der Waals surface area contributed by atoms with Crippen molar-refractivity contribution >= 4 is 52.0 Å². The molecule has 2 aliphatic heterocycles. The maximum absolute atomic E-state index is 12.4. The minimum atomic E-state index is -0.379. The molecule has 2 aromatic rings. The molecule has 2 fully saturated rings. The molecule has 3 aliphatic rings. The second-order valence-electron chi connectivity index (χ2n) is 7.91. The number of anilines is 2. The van der Waals surface area contributed by atoms with E-state index in [0.29, 0.717) is 41.1 Å². The Morgan fingerprint density at radius 1 is 1.13 bits per heavy atom. The number of ether oxygens (including phenoxy) is 1. The van der Waals surface area contributed by atoms with Gasteiger partial charge in [-0.2, -0.15) is 0 Å². The summed E-state index contributed by atoms with van der Waals surface area (Å²) in [6.07, 6.45) is 2.43. The van der Waals surface area contributed by atoms with Crippen molar-refractivity contribution in [2.24, 2.45) is 11.1 Å². The van der Waals surface area contributed by atoms with Gasteiger partial charge in [-0.15, -0.1) is 11.3 Å². The first-order valence-electron chi connectivity index (χ1n) is 10.4. The Kier molecular flexibility index (Phi) is 5.58. The maximum atomic E-state index is 12.4. The Labute approximate surface area is 189 Å². The van der Waals surface area contributed by atoms with Crippen molar-refractivity contribution in [3.05, 3.63) is 45.6 Å². The zero-order chi connectivity index (χ0) is 21.4. The first-order chi connectivity index (χ1) is 15.1. The normalized spacial score (nSPS) is 21.0. The molecule has 0 unspecified atom stereocenters. The number of carbonyl (C=O) groups is 2. The molecule has 31 heavy (non-hydrogen) atoms. The molecular formula is C22H22ClN3O4S. The van der Waals surface area contributed by atoms with E-state index in [4.69, 9.17) is 21.2 Å². The van der Waals surface area contributed by atoms with Gasteiger partial charge in [-0.05, 0) is 55.7 Å². The number of amides is 1. The zero-order valence-electron chi connectivity index (χ0n) is 16.8. The van der Waals surface area contributed by atoms with Gasteiger partial charge in [-0.3, -0.25) is 9.69 Å². The average molecular weight is 460 g/mol. The number of thiophene rings is 1. The van der Waals surface area contributed by atoms with Crippen molar-refractivity contribution in [2.75, 3.05) is 29.5 Å². The minimum Gasteiger partial charge on any atom is -0.444 e. The van der Waals surface area contributed by atoms with Crippen LogP contribution in [0.4, 0.5) is 16.2 Å². The topological polar surface area (TPSA) is 71.4 Å². The lowest BCUT2D eigenvalue weighted by Crippen LogP contribution is -2.38. The summed E-state index contributed by atoms with van der Waals surface area (Å²) in [7, 11) is 0. The molecule has 9 heteroatoms. The van der Waals surface area contributed by atoms with Crippen molar-refractivity contribution in [1.82, 2.24) is 0 Å². The van der Waals surface area contributed by atoms with Crippen LogP contribution in [0.2, 0.25) is 4.34 Å². The highest BCUT2D eigenvalue weighted by Crippen LogP contribution is 2.35. The van der Waals surface area contributed by atoms with Gasteiger partial charge in [0.15, 0.2) is 11.6 Å². The van der Waals surface area contributed by atoms with Crippen LogP contribution in [-0.4, -0.2) is 43.5 Å². The lowest BCUT2D eigenvalue weighted by Gasteiger charge is -2.29. The second kappa shape index (κ2) is 8.51. The van der Waals surface area contributed by atoms with E-state index in [-0.39, 0.29) is 18.0 Å². The molecule has 1 atom stereocenters. The number of ketones is 1. The number of benzene rings is 1. The first kappa shape index (κ1) is 20.3. The molecule has 1 saturated carbocycles. The van der Waals surface area contributed by atoms with E-state index in [2.05, 4.69) is 10.1 Å². The molecule has 0 bridgehead atoms. The fraction of sp³-hybridized carbons (Fsp3) is 0.409. The molecule has 7 nitrogen and oxygen atoms in total. The van der Waals surface area contributed by atoms with Crippen LogP contribution in [0.3, 0.4) is 0 Å². The average Bonchev–Trinajstić information content (AvgIpc) is 3.44. The summed E-state index contributed by atoms with van der Waals surface area (Å²) >= 11 is 7.17. The van der Waals surface area contributed by atoms with E-state index in [1.165, 1.54) is 11.3 Å². The van der Waals surface area contributed by atoms with Crippen molar-refractivity contribution in [1.29, 1.82) is 0 Å². The number of halogens is 1. The van der Waals surface area contributed by atoms with E-state index >= 15 is 0 Å². The molecule has 1 aliphatic carbocycles. The number of rotatable bonds is 7. The van der Waals surface area contributed by atoms with Crippen LogP contribution < -0.4 is 9.80 Å². The Balaban J connectivity index is 1.20. The standard InChI is InChI=1S/C22H22ClN3O4S/c23-20-10-9-19(31-20)18(27)8-7-17-13-26(22(28)30-17)16-5-3-15(4-6-16)25-11-12-29-24-21(25)14-1-2-14/h3-6,9-10,14,17H,1-2,7-8,11-13H2/t17-/m0/s1. The molecule has 1 aromatic carbocycles. The molecule has 3 heterocycles. The number of cyclic esters (lactones) is 1. The summed E-state index contributed by atoms with van der Waals surface area (Å²) in [5.74, 6) is 1.51. The lowest BCUT2D eigenvalue weighted by atomic mass is 10.1. The van der Waals surface area contributed by atoms with Crippen molar-refractivity contribution < 1.29 is 19.2 Å². The summed E-state index contributed by atoms with van der Waals surface area (Å²) in [4.78, 5) is 34.4. The minimum absolute atomic E-state index is 0.0226.